The molecule has 0 spiro atoms. The van der Waals surface area contributed by atoms with Crippen molar-refractivity contribution < 1.29 is 0 Å². The Morgan fingerprint density at radius 3 is 2.35 bits per heavy atom. The van der Waals surface area contributed by atoms with Gasteiger partial charge in [-0.05, 0) is 30.2 Å². The zero-order chi connectivity index (χ0) is 14.8. The van der Waals surface area contributed by atoms with Gasteiger partial charge in [-0.1, -0.05) is 77.3 Å². The molecule has 0 aliphatic carbocycles. The highest BCUT2D eigenvalue weighted by Crippen LogP contribution is 2.23. The Morgan fingerprint density at radius 2 is 1.75 bits per heavy atom. The zero-order valence-corrected chi connectivity index (χ0v) is 13.9. The van der Waals surface area contributed by atoms with Crippen LogP contribution in [0.2, 0.25) is 0 Å². The molecule has 20 heavy (non-hydrogen) atoms. The van der Waals surface area contributed by atoms with Crippen molar-refractivity contribution in [3.05, 3.63) is 35.9 Å². The monoisotopic (exact) mass is 275 g/mol. The third kappa shape index (κ3) is 7.09. The van der Waals surface area contributed by atoms with Crippen LogP contribution in [0, 0.1) is 5.41 Å². The average Bonchev–Trinajstić information content (AvgIpc) is 2.44. The molecular weight excluding hydrogens is 242 g/mol. The topological polar surface area (TPSA) is 12.0 Å². The molecule has 1 unspecified atom stereocenters. The summed E-state index contributed by atoms with van der Waals surface area (Å²) in [5, 5.41) is 3.79. The molecule has 0 aliphatic rings. The molecule has 0 amide bonds. The number of hydrogen-bond donors (Lipinski definition) is 1. The summed E-state index contributed by atoms with van der Waals surface area (Å²) in [5.74, 6) is 0. The Morgan fingerprint density at radius 1 is 1.05 bits per heavy atom. The van der Waals surface area contributed by atoms with Gasteiger partial charge in [0, 0.05) is 12.6 Å². The fourth-order valence-corrected chi connectivity index (χ4v) is 2.62. The lowest BCUT2D eigenvalue weighted by molar-refractivity contribution is 0.284. The van der Waals surface area contributed by atoms with Crippen LogP contribution in [0.1, 0.15) is 65.4 Å². The van der Waals surface area contributed by atoms with E-state index in [4.69, 9.17) is 0 Å². The van der Waals surface area contributed by atoms with Gasteiger partial charge in [0.1, 0.15) is 0 Å². The summed E-state index contributed by atoms with van der Waals surface area (Å²) in [4.78, 5) is 0. The van der Waals surface area contributed by atoms with E-state index in [-0.39, 0.29) is 0 Å². The third-order valence-corrected chi connectivity index (χ3v) is 4.14. The van der Waals surface area contributed by atoms with Crippen molar-refractivity contribution in [1.82, 2.24) is 5.32 Å². The molecule has 0 saturated carbocycles. The average molecular weight is 275 g/mol. The molecule has 1 heteroatoms. The van der Waals surface area contributed by atoms with E-state index < -0.39 is 0 Å². The molecule has 0 aliphatic heterocycles. The lowest BCUT2D eigenvalue weighted by Crippen LogP contribution is -2.38. The molecule has 114 valence electrons. The van der Waals surface area contributed by atoms with Crippen LogP contribution >= 0.6 is 0 Å². The van der Waals surface area contributed by atoms with Crippen LogP contribution in [0.4, 0.5) is 0 Å². The second-order valence-corrected chi connectivity index (χ2v) is 6.80. The second kappa shape index (κ2) is 9.18. The number of nitrogens with one attached hydrogen (secondary N) is 1. The predicted molar refractivity (Wildman–Crippen MR) is 90.2 cm³/mol. The van der Waals surface area contributed by atoms with Gasteiger partial charge < -0.3 is 5.32 Å². The smallest absolute Gasteiger partial charge is 0.0105 e. The minimum Gasteiger partial charge on any atom is -0.313 e. The summed E-state index contributed by atoms with van der Waals surface area (Å²) in [6.45, 7) is 10.5. The summed E-state index contributed by atoms with van der Waals surface area (Å²) in [6, 6.07) is 11.4. The molecule has 1 aromatic carbocycles. The first-order valence-electron chi connectivity index (χ1n) is 8.34. The number of benzene rings is 1. The first-order chi connectivity index (χ1) is 9.57. The molecule has 0 radical (unpaired) electrons. The summed E-state index contributed by atoms with van der Waals surface area (Å²) in [7, 11) is 0. The fourth-order valence-electron chi connectivity index (χ4n) is 2.62. The molecule has 0 aromatic heterocycles. The fraction of sp³-hybridized carbons (Fsp3) is 0.684. The Labute approximate surface area is 126 Å². The van der Waals surface area contributed by atoms with E-state index in [1.807, 2.05) is 0 Å². The Hall–Kier alpha value is -0.820. The van der Waals surface area contributed by atoms with Crippen molar-refractivity contribution in [2.24, 2.45) is 5.41 Å². The van der Waals surface area contributed by atoms with Crippen LogP contribution in [0.5, 0.6) is 0 Å². The molecule has 1 aromatic rings. The molecule has 0 bridgehead atoms. The van der Waals surface area contributed by atoms with Gasteiger partial charge in [0.25, 0.3) is 0 Å². The highest BCUT2D eigenvalue weighted by atomic mass is 14.9. The number of hydrogen-bond acceptors (Lipinski definition) is 1. The van der Waals surface area contributed by atoms with Crippen LogP contribution in [0.3, 0.4) is 0 Å². The summed E-state index contributed by atoms with van der Waals surface area (Å²) >= 11 is 0. The lowest BCUT2D eigenvalue weighted by atomic mass is 9.86. The third-order valence-electron chi connectivity index (χ3n) is 4.14. The highest BCUT2D eigenvalue weighted by molar-refractivity contribution is 5.15. The van der Waals surface area contributed by atoms with Gasteiger partial charge in [0.2, 0.25) is 0 Å². The first-order valence-corrected chi connectivity index (χ1v) is 8.34. The minimum absolute atomic E-state index is 0.416. The number of rotatable bonds is 10. The van der Waals surface area contributed by atoms with Gasteiger partial charge in [0.05, 0.1) is 0 Å². The Bertz CT molecular complexity index is 342. The Balaban J connectivity index is 2.36. The van der Waals surface area contributed by atoms with Gasteiger partial charge in [-0.2, -0.15) is 0 Å². The van der Waals surface area contributed by atoms with Crippen LogP contribution in [0.15, 0.2) is 30.3 Å². The second-order valence-electron chi connectivity index (χ2n) is 6.80. The minimum atomic E-state index is 0.416. The highest BCUT2D eigenvalue weighted by Gasteiger charge is 2.18. The lowest BCUT2D eigenvalue weighted by Gasteiger charge is -2.28. The molecule has 1 atom stereocenters. The van der Waals surface area contributed by atoms with E-state index in [0.717, 1.165) is 13.0 Å². The Kier molecular flexibility index (Phi) is 7.91. The van der Waals surface area contributed by atoms with E-state index in [1.165, 1.54) is 37.7 Å². The van der Waals surface area contributed by atoms with Crippen LogP contribution in [-0.2, 0) is 6.42 Å². The van der Waals surface area contributed by atoms with Crippen LogP contribution in [0.25, 0.3) is 0 Å². The van der Waals surface area contributed by atoms with E-state index in [9.17, 15) is 0 Å². The maximum Gasteiger partial charge on any atom is 0.0105 e. The maximum absolute atomic E-state index is 3.79. The zero-order valence-electron chi connectivity index (χ0n) is 13.9. The van der Waals surface area contributed by atoms with Gasteiger partial charge in [0.15, 0.2) is 0 Å². The van der Waals surface area contributed by atoms with Crippen molar-refractivity contribution in [1.29, 1.82) is 0 Å². The molecule has 1 N–H and O–H groups in total. The molecule has 1 nitrogen and oxygen atoms in total. The van der Waals surface area contributed by atoms with Gasteiger partial charge in [-0.3, -0.25) is 0 Å². The summed E-state index contributed by atoms with van der Waals surface area (Å²) < 4.78 is 0. The van der Waals surface area contributed by atoms with Crippen molar-refractivity contribution in [2.75, 3.05) is 6.54 Å². The van der Waals surface area contributed by atoms with Gasteiger partial charge >= 0.3 is 0 Å². The largest absolute Gasteiger partial charge is 0.313 e. The molecule has 1 rings (SSSR count). The van der Waals surface area contributed by atoms with Crippen molar-refractivity contribution in [3.8, 4) is 0 Å². The van der Waals surface area contributed by atoms with Gasteiger partial charge in [-0.15, -0.1) is 0 Å². The van der Waals surface area contributed by atoms with Crippen LogP contribution in [-0.4, -0.2) is 12.6 Å². The van der Waals surface area contributed by atoms with Crippen molar-refractivity contribution in [3.63, 3.8) is 0 Å². The van der Waals surface area contributed by atoms with Gasteiger partial charge in [-0.25, -0.2) is 0 Å². The molecule has 0 heterocycles. The van der Waals surface area contributed by atoms with E-state index in [0.29, 0.717) is 11.5 Å². The predicted octanol–water partition coefficient (Wildman–Crippen LogP) is 5.20. The normalized spacial score (nSPS) is 13.4. The molecular formula is C19H33N. The van der Waals surface area contributed by atoms with E-state index >= 15 is 0 Å². The quantitative estimate of drug-likeness (QED) is 0.578. The number of unbranched alkanes of at least 4 members (excludes halogenated alkanes) is 2. The molecule has 0 saturated heterocycles. The molecule has 0 fully saturated rings. The van der Waals surface area contributed by atoms with E-state index in [2.05, 4.69) is 63.3 Å². The SMILES string of the molecule is CCCCCC(C)(C)CNC(CC)Cc1ccccc1. The standard InChI is InChI=1S/C19H33N/c1-5-7-11-14-19(3,4)16-20-18(6-2)15-17-12-9-8-10-13-17/h8-10,12-13,18,20H,5-7,11,14-16H2,1-4H3. The summed E-state index contributed by atoms with van der Waals surface area (Å²) in [6.07, 6.45) is 7.71. The van der Waals surface area contributed by atoms with E-state index in [1.54, 1.807) is 0 Å². The first kappa shape index (κ1) is 17.2. The van der Waals surface area contributed by atoms with Crippen molar-refractivity contribution in [2.45, 2.75) is 72.3 Å². The van der Waals surface area contributed by atoms with Crippen LogP contribution < -0.4 is 5.32 Å². The maximum atomic E-state index is 3.79. The summed E-state index contributed by atoms with van der Waals surface area (Å²) in [5.41, 5.74) is 1.86. The van der Waals surface area contributed by atoms with Crippen molar-refractivity contribution >= 4 is 0 Å².